The summed E-state index contributed by atoms with van der Waals surface area (Å²) in [6.45, 7) is 2.68. The molecule has 0 saturated carbocycles. The Morgan fingerprint density at radius 1 is 1.41 bits per heavy atom. The number of benzene rings is 1. The number of allylic oxidation sites excluding steroid dienone is 1. The molecular formula is C13H19N3O. The highest BCUT2D eigenvalue weighted by Crippen LogP contribution is 2.14. The van der Waals surface area contributed by atoms with Crippen LogP contribution in [-0.4, -0.2) is 19.6 Å². The molecule has 0 fully saturated rings. The highest BCUT2D eigenvalue weighted by Gasteiger charge is 1.95. The lowest BCUT2D eigenvalue weighted by Gasteiger charge is -2.06. The Labute approximate surface area is 102 Å². The Hall–Kier alpha value is -1.97. The van der Waals surface area contributed by atoms with Crippen molar-refractivity contribution in [3.63, 3.8) is 0 Å². The zero-order valence-corrected chi connectivity index (χ0v) is 10.3. The van der Waals surface area contributed by atoms with Crippen molar-refractivity contribution < 1.29 is 4.74 Å². The number of nitrogens with two attached hydrogens (primary N) is 1. The van der Waals surface area contributed by atoms with Crippen LogP contribution < -0.4 is 15.8 Å². The predicted octanol–water partition coefficient (Wildman–Crippen LogP) is 2.39. The Bertz CT molecular complexity index is 382. The quantitative estimate of drug-likeness (QED) is 0.355. The van der Waals surface area contributed by atoms with Crippen LogP contribution in [0.3, 0.4) is 0 Å². The monoisotopic (exact) mass is 233 g/mol. The molecule has 0 radical (unpaired) electrons. The minimum absolute atomic E-state index is 0.430. The van der Waals surface area contributed by atoms with E-state index in [0.29, 0.717) is 12.5 Å². The maximum Gasteiger partial charge on any atom is 0.193 e. The molecule has 92 valence electrons. The van der Waals surface area contributed by atoms with Gasteiger partial charge in [-0.3, -0.25) is 4.99 Å². The Morgan fingerprint density at radius 2 is 2.12 bits per heavy atom. The van der Waals surface area contributed by atoms with Crippen LogP contribution >= 0.6 is 0 Å². The number of hydrogen-bond acceptors (Lipinski definition) is 2. The number of methoxy groups -OCH3 is 1. The minimum atomic E-state index is 0.430. The second kappa shape index (κ2) is 7.33. The summed E-state index contributed by atoms with van der Waals surface area (Å²) in [6.07, 6.45) is 4.97. The number of hydrogen-bond donors (Lipinski definition) is 2. The maximum absolute atomic E-state index is 5.74. The lowest BCUT2D eigenvalue weighted by molar-refractivity contribution is 0.415. The van der Waals surface area contributed by atoms with Gasteiger partial charge in [-0.25, -0.2) is 0 Å². The lowest BCUT2D eigenvalue weighted by atomic mass is 10.3. The summed E-state index contributed by atoms with van der Waals surface area (Å²) in [6, 6.07) is 7.53. The zero-order valence-electron chi connectivity index (χ0n) is 10.3. The fraction of sp³-hybridized carbons (Fsp3) is 0.308. The van der Waals surface area contributed by atoms with E-state index in [1.54, 1.807) is 7.11 Å². The normalized spacial score (nSPS) is 11.8. The number of guanidine groups is 1. The van der Waals surface area contributed by atoms with Crippen LogP contribution in [0.5, 0.6) is 5.75 Å². The maximum atomic E-state index is 5.74. The van der Waals surface area contributed by atoms with Crippen LogP contribution in [0.2, 0.25) is 0 Å². The van der Waals surface area contributed by atoms with Gasteiger partial charge in [0.2, 0.25) is 0 Å². The van der Waals surface area contributed by atoms with Gasteiger partial charge in [-0.2, -0.15) is 0 Å². The van der Waals surface area contributed by atoms with Gasteiger partial charge in [0.05, 0.1) is 7.11 Å². The van der Waals surface area contributed by atoms with E-state index in [1.807, 2.05) is 37.3 Å². The average Bonchev–Trinajstić information content (AvgIpc) is 2.36. The van der Waals surface area contributed by atoms with Crippen molar-refractivity contribution in [2.75, 3.05) is 19.0 Å². The topological polar surface area (TPSA) is 59.6 Å². The van der Waals surface area contributed by atoms with E-state index in [4.69, 9.17) is 10.5 Å². The minimum Gasteiger partial charge on any atom is -0.497 e. The Kier molecular flexibility index (Phi) is 5.64. The lowest BCUT2D eigenvalue weighted by Crippen LogP contribution is -2.22. The molecule has 0 aliphatic carbocycles. The largest absolute Gasteiger partial charge is 0.497 e. The number of nitrogens with one attached hydrogen (secondary N) is 1. The van der Waals surface area contributed by atoms with Crippen molar-refractivity contribution in [2.45, 2.75) is 13.3 Å². The molecule has 17 heavy (non-hydrogen) atoms. The first-order valence-corrected chi connectivity index (χ1v) is 5.58. The molecule has 0 amide bonds. The molecule has 3 N–H and O–H groups in total. The molecule has 1 aromatic rings. The van der Waals surface area contributed by atoms with Crippen LogP contribution in [0, 0.1) is 0 Å². The van der Waals surface area contributed by atoms with Gasteiger partial charge in [-0.1, -0.05) is 12.2 Å². The van der Waals surface area contributed by atoms with E-state index >= 15 is 0 Å². The second-order valence-electron chi connectivity index (χ2n) is 3.48. The number of nitrogens with zero attached hydrogens (tertiary/aromatic N) is 1. The van der Waals surface area contributed by atoms with Crippen LogP contribution in [0.1, 0.15) is 13.3 Å². The summed E-state index contributed by atoms with van der Waals surface area (Å²) >= 11 is 0. The van der Waals surface area contributed by atoms with Gasteiger partial charge < -0.3 is 15.8 Å². The molecule has 1 rings (SSSR count). The van der Waals surface area contributed by atoms with E-state index in [9.17, 15) is 0 Å². The van der Waals surface area contributed by atoms with E-state index in [0.717, 1.165) is 17.9 Å². The predicted molar refractivity (Wildman–Crippen MR) is 72.5 cm³/mol. The number of ether oxygens (including phenoxy) is 1. The number of anilines is 1. The van der Waals surface area contributed by atoms with Crippen LogP contribution in [0.25, 0.3) is 0 Å². The van der Waals surface area contributed by atoms with Gasteiger partial charge in [0.25, 0.3) is 0 Å². The summed E-state index contributed by atoms with van der Waals surface area (Å²) in [7, 11) is 1.64. The van der Waals surface area contributed by atoms with Crippen LogP contribution in [0.15, 0.2) is 41.4 Å². The third-order valence-corrected chi connectivity index (χ3v) is 2.18. The third kappa shape index (κ3) is 5.06. The van der Waals surface area contributed by atoms with E-state index in [2.05, 4.69) is 16.4 Å². The molecule has 1 aromatic carbocycles. The van der Waals surface area contributed by atoms with Crippen LogP contribution in [-0.2, 0) is 0 Å². The zero-order chi connectivity index (χ0) is 12.5. The van der Waals surface area contributed by atoms with Crippen molar-refractivity contribution in [1.29, 1.82) is 0 Å². The third-order valence-electron chi connectivity index (χ3n) is 2.18. The standard InChI is InChI=1S/C13H19N3O/c1-3-4-5-10-15-13(14)16-11-6-8-12(17-2)9-7-11/h3-4,6-9H,5,10H2,1-2H3,(H3,14,15,16). The molecule has 4 heteroatoms. The Balaban J connectivity index is 2.46. The van der Waals surface area contributed by atoms with Crippen molar-refractivity contribution >= 4 is 11.6 Å². The number of aliphatic imine (C=N–C) groups is 1. The van der Waals surface area contributed by atoms with E-state index < -0.39 is 0 Å². The smallest absolute Gasteiger partial charge is 0.193 e. The molecule has 0 aromatic heterocycles. The van der Waals surface area contributed by atoms with Crippen molar-refractivity contribution in [3.8, 4) is 5.75 Å². The summed E-state index contributed by atoms with van der Waals surface area (Å²) < 4.78 is 5.07. The molecule has 4 nitrogen and oxygen atoms in total. The fourth-order valence-corrected chi connectivity index (χ4v) is 1.29. The summed E-state index contributed by atoms with van der Waals surface area (Å²) in [5.74, 6) is 1.25. The summed E-state index contributed by atoms with van der Waals surface area (Å²) in [4.78, 5) is 4.20. The Morgan fingerprint density at radius 3 is 2.71 bits per heavy atom. The first kappa shape index (κ1) is 13.1. The molecule has 0 saturated heterocycles. The second-order valence-corrected chi connectivity index (χ2v) is 3.48. The van der Waals surface area contributed by atoms with Crippen molar-refractivity contribution in [1.82, 2.24) is 0 Å². The van der Waals surface area contributed by atoms with E-state index in [-0.39, 0.29) is 0 Å². The van der Waals surface area contributed by atoms with Gasteiger partial charge in [0.1, 0.15) is 5.75 Å². The average molecular weight is 233 g/mol. The van der Waals surface area contributed by atoms with Gasteiger partial charge in [-0.15, -0.1) is 0 Å². The van der Waals surface area contributed by atoms with E-state index in [1.165, 1.54) is 0 Å². The van der Waals surface area contributed by atoms with Crippen LogP contribution in [0.4, 0.5) is 5.69 Å². The highest BCUT2D eigenvalue weighted by molar-refractivity contribution is 5.92. The highest BCUT2D eigenvalue weighted by atomic mass is 16.5. The molecule has 0 heterocycles. The SMILES string of the molecule is CC=CCCN=C(N)Nc1ccc(OC)cc1. The van der Waals surface area contributed by atoms with Crippen molar-refractivity contribution in [3.05, 3.63) is 36.4 Å². The summed E-state index contributed by atoms with van der Waals surface area (Å²) in [5.41, 5.74) is 6.64. The molecule has 0 unspecified atom stereocenters. The van der Waals surface area contributed by atoms with Gasteiger partial charge in [0, 0.05) is 12.2 Å². The molecule has 0 bridgehead atoms. The molecule has 0 spiro atoms. The number of rotatable bonds is 5. The van der Waals surface area contributed by atoms with Gasteiger partial charge >= 0.3 is 0 Å². The molecule has 0 aliphatic rings. The van der Waals surface area contributed by atoms with Gasteiger partial charge in [0.15, 0.2) is 5.96 Å². The molecule has 0 aliphatic heterocycles. The first-order chi connectivity index (χ1) is 8.26. The molecule has 0 atom stereocenters. The first-order valence-electron chi connectivity index (χ1n) is 5.58. The van der Waals surface area contributed by atoms with Crippen molar-refractivity contribution in [2.24, 2.45) is 10.7 Å². The molecular weight excluding hydrogens is 214 g/mol. The summed E-state index contributed by atoms with van der Waals surface area (Å²) in [5, 5.41) is 3.02. The fourth-order valence-electron chi connectivity index (χ4n) is 1.29. The van der Waals surface area contributed by atoms with Gasteiger partial charge in [-0.05, 0) is 37.6 Å².